The van der Waals surface area contributed by atoms with Crippen molar-refractivity contribution < 1.29 is 9.72 Å². The molecule has 0 unspecified atom stereocenters. The second-order valence-electron chi connectivity index (χ2n) is 5.32. The molecule has 116 valence electrons. The second-order valence-corrected chi connectivity index (χ2v) is 6.21. The van der Waals surface area contributed by atoms with E-state index in [1.807, 2.05) is 11.5 Å². The molecule has 3 rings (SSSR count). The Balaban J connectivity index is 1.91. The van der Waals surface area contributed by atoms with Crippen molar-refractivity contribution in [1.82, 2.24) is 4.57 Å². The van der Waals surface area contributed by atoms with Gasteiger partial charge in [-0.3, -0.25) is 14.9 Å². The number of nitrogens with zero attached hydrogens (tertiary/aromatic N) is 3. The van der Waals surface area contributed by atoms with Crippen molar-refractivity contribution in [2.24, 2.45) is 0 Å². The number of fused-ring (bicyclic) bond motifs is 1. The molecule has 0 radical (unpaired) electrons. The highest BCUT2D eigenvalue weighted by Gasteiger charge is 2.26. The molecule has 0 aliphatic carbocycles. The Kier molecular flexibility index (Phi) is 3.84. The lowest BCUT2D eigenvalue weighted by molar-refractivity contribution is -0.380. The fourth-order valence-corrected chi connectivity index (χ4v) is 3.66. The van der Waals surface area contributed by atoms with Crippen LogP contribution in [0.5, 0.6) is 0 Å². The van der Waals surface area contributed by atoms with Gasteiger partial charge in [-0.25, -0.2) is 0 Å². The van der Waals surface area contributed by atoms with Crippen LogP contribution >= 0.6 is 11.3 Å². The Hall–Kier alpha value is -2.72. The fraction of sp³-hybridized carbons (Fsp3) is 0.250. The molecule has 1 aliphatic heterocycles. The van der Waals surface area contributed by atoms with Crippen LogP contribution in [0.3, 0.4) is 0 Å². The first-order valence-electron chi connectivity index (χ1n) is 7.10. The predicted octanol–water partition coefficient (Wildman–Crippen LogP) is 3.48. The molecule has 0 spiro atoms. The SMILES string of the molecule is Cc1c(C(=O)/C=C\c2csc([N+](=O)[O-])c2)c(C#N)c2n1CCC2. The third-order valence-electron chi connectivity index (χ3n) is 4.00. The quantitative estimate of drug-likeness (QED) is 0.372. The number of nitro groups is 1. The minimum Gasteiger partial charge on any atom is -0.347 e. The molecule has 7 heteroatoms. The zero-order valence-corrected chi connectivity index (χ0v) is 13.2. The zero-order valence-electron chi connectivity index (χ0n) is 12.4. The summed E-state index contributed by atoms with van der Waals surface area (Å²) in [4.78, 5) is 22.7. The van der Waals surface area contributed by atoms with Gasteiger partial charge in [0.15, 0.2) is 5.78 Å². The molecular formula is C16H13N3O3S. The monoisotopic (exact) mass is 327 g/mol. The van der Waals surface area contributed by atoms with E-state index in [0.717, 1.165) is 42.1 Å². The number of thiophene rings is 1. The van der Waals surface area contributed by atoms with E-state index in [4.69, 9.17) is 0 Å². The lowest BCUT2D eigenvalue weighted by Gasteiger charge is -2.01. The average Bonchev–Trinajstić information content (AvgIpc) is 3.21. The maximum atomic E-state index is 12.5. The van der Waals surface area contributed by atoms with Crippen LogP contribution in [-0.2, 0) is 13.0 Å². The Morgan fingerprint density at radius 2 is 2.35 bits per heavy atom. The molecule has 0 N–H and O–H groups in total. The Morgan fingerprint density at radius 3 is 3.00 bits per heavy atom. The molecule has 0 fully saturated rings. The van der Waals surface area contributed by atoms with Crippen LogP contribution in [0.4, 0.5) is 5.00 Å². The second kappa shape index (κ2) is 5.82. The van der Waals surface area contributed by atoms with Gasteiger partial charge in [0.25, 0.3) is 0 Å². The van der Waals surface area contributed by atoms with Crippen LogP contribution in [-0.4, -0.2) is 15.3 Å². The Morgan fingerprint density at radius 1 is 1.57 bits per heavy atom. The number of nitriles is 1. The van der Waals surface area contributed by atoms with Crippen LogP contribution in [0.2, 0.25) is 0 Å². The smallest absolute Gasteiger partial charge is 0.324 e. The highest BCUT2D eigenvalue weighted by Crippen LogP contribution is 2.29. The number of hydrogen-bond acceptors (Lipinski definition) is 5. The molecule has 2 aromatic heterocycles. The summed E-state index contributed by atoms with van der Waals surface area (Å²) in [7, 11) is 0. The van der Waals surface area contributed by atoms with Gasteiger partial charge in [-0.1, -0.05) is 11.3 Å². The number of rotatable bonds is 4. The maximum Gasteiger partial charge on any atom is 0.324 e. The number of allylic oxidation sites excluding steroid dienone is 1. The van der Waals surface area contributed by atoms with Gasteiger partial charge < -0.3 is 4.57 Å². The molecule has 3 heterocycles. The normalized spacial score (nSPS) is 13.2. The predicted molar refractivity (Wildman–Crippen MR) is 86.5 cm³/mol. The van der Waals surface area contributed by atoms with E-state index < -0.39 is 4.92 Å². The van der Waals surface area contributed by atoms with Gasteiger partial charge in [0, 0.05) is 29.4 Å². The van der Waals surface area contributed by atoms with Gasteiger partial charge in [0.05, 0.1) is 16.1 Å². The van der Waals surface area contributed by atoms with Crippen molar-refractivity contribution in [2.45, 2.75) is 26.3 Å². The zero-order chi connectivity index (χ0) is 16.6. The van der Waals surface area contributed by atoms with Gasteiger partial charge in [0.1, 0.15) is 6.07 Å². The third-order valence-corrected chi connectivity index (χ3v) is 4.90. The molecular weight excluding hydrogens is 314 g/mol. The van der Waals surface area contributed by atoms with Gasteiger partial charge in [-0.2, -0.15) is 5.26 Å². The van der Waals surface area contributed by atoms with Crippen LogP contribution in [0.1, 0.15) is 39.3 Å². The minimum absolute atomic E-state index is 0.0360. The van der Waals surface area contributed by atoms with E-state index >= 15 is 0 Å². The van der Waals surface area contributed by atoms with Crippen LogP contribution in [0.15, 0.2) is 17.5 Å². The van der Waals surface area contributed by atoms with Gasteiger partial charge in [0.2, 0.25) is 0 Å². The van der Waals surface area contributed by atoms with Crippen molar-refractivity contribution in [1.29, 1.82) is 5.26 Å². The average molecular weight is 327 g/mol. The molecule has 0 atom stereocenters. The van der Waals surface area contributed by atoms with Crippen LogP contribution < -0.4 is 0 Å². The van der Waals surface area contributed by atoms with E-state index in [1.54, 1.807) is 11.5 Å². The van der Waals surface area contributed by atoms with Crippen molar-refractivity contribution in [3.05, 3.63) is 55.7 Å². The van der Waals surface area contributed by atoms with Crippen LogP contribution in [0.25, 0.3) is 6.08 Å². The van der Waals surface area contributed by atoms with Gasteiger partial charge in [-0.15, -0.1) is 0 Å². The summed E-state index contributed by atoms with van der Waals surface area (Å²) in [6.07, 6.45) is 4.74. The highest BCUT2D eigenvalue weighted by atomic mass is 32.1. The molecule has 0 bridgehead atoms. The molecule has 0 aromatic carbocycles. The number of aromatic nitrogens is 1. The first-order chi connectivity index (χ1) is 11.0. The lowest BCUT2D eigenvalue weighted by Crippen LogP contribution is -2.01. The van der Waals surface area contributed by atoms with Crippen molar-refractivity contribution in [2.75, 3.05) is 0 Å². The first-order valence-corrected chi connectivity index (χ1v) is 7.98. The van der Waals surface area contributed by atoms with E-state index in [9.17, 15) is 20.2 Å². The Bertz CT molecular complexity index is 883. The van der Waals surface area contributed by atoms with Crippen molar-refractivity contribution >= 4 is 28.2 Å². The Labute approximate surface area is 136 Å². The summed E-state index contributed by atoms with van der Waals surface area (Å²) in [5.41, 5.74) is 3.28. The van der Waals surface area contributed by atoms with E-state index in [2.05, 4.69) is 6.07 Å². The molecule has 23 heavy (non-hydrogen) atoms. The highest BCUT2D eigenvalue weighted by molar-refractivity contribution is 7.13. The molecule has 6 nitrogen and oxygen atoms in total. The summed E-state index contributed by atoms with van der Waals surface area (Å²) in [6.45, 7) is 2.69. The first kappa shape index (κ1) is 15.2. The summed E-state index contributed by atoms with van der Waals surface area (Å²) >= 11 is 1.02. The summed E-state index contributed by atoms with van der Waals surface area (Å²) < 4.78 is 2.04. The summed E-state index contributed by atoms with van der Waals surface area (Å²) in [5.74, 6) is -0.241. The molecule has 1 aliphatic rings. The summed E-state index contributed by atoms with van der Waals surface area (Å²) in [6, 6.07) is 3.57. The molecule has 2 aromatic rings. The minimum atomic E-state index is -0.458. The number of carbonyl (C=O) groups is 1. The number of carbonyl (C=O) groups excluding carboxylic acids is 1. The van der Waals surface area contributed by atoms with E-state index in [1.165, 1.54) is 12.1 Å². The fourth-order valence-electron chi connectivity index (χ4n) is 2.96. The maximum absolute atomic E-state index is 12.5. The van der Waals surface area contributed by atoms with E-state index in [0.29, 0.717) is 16.7 Å². The van der Waals surface area contributed by atoms with E-state index in [-0.39, 0.29) is 10.8 Å². The molecule has 0 saturated carbocycles. The largest absolute Gasteiger partial charge is 0.347 e. The number of ketones is 1. The standard InChI is InChI=1S/C16H13N3O3S/c1-10-16(12(8-17)13-3-2-6-18(10)13)14(20)5-4-11-7-15(19(21)22)23-9-11/h4-5,7,9H,2-3,6H2,1H3/b5-4-. The van der Waals surface area contributed by atoms with Gasteiger partial charge >= 0.3 is 5.00 Å². The van der Waals surface area contributed by atoms with Crippen LogP contribution in [0, 0.1) is 28.4 Å². The lowest BCUT2D eigenvalue weighted by atomic mass is 10.0. The summed E-state index contributed by atoms with van der Waals surface area (Å²) in [5, 5.41) is 21.7. The third kappa shape index (κ3) is 2.58. The van der Waals surface area contributed by atoms with Gasteiger partial charge in [-0.05, 0) is 37.5 Å². The molecule has 0 saturated heterocycles. The topological polar surface area (TPSA) is 88.9 Å². The number of hydrogen-bond donors (Lipinski definition) is 0. The molecule has 0 amide bonds. The van der Waals surface area contributed by atoms with Crippen molar-refractivity contribution in [3.8, 4) is 6.07 Å². The van der Waals surface area contributed by atoms with Crippen molar-refractivity contribution in [3.63, 3.8) is 0 Å².